The molecule has 0 unspecified atom stereocenters. The van der Waals surface area contributed by atoms with E-state index in [9.17, 15) is 4.39 Å². The average Bonchev–Trinajstić information content (AvgIpc) is 2.42. The predicted molar refractivity (Wildman–Crippen MR) is 76.2 cm³/mol. The molecule has 20 heavy (non-hydrogen) atoms. The van der Waals surface area contributed by atoms with E-state index < -0.39 is 0 Å². The molecule has 110 valence electrons. The quantitative estimate of drug-likeness (QED) is 0.588. The molecule has 1 aromatic rings. The Kier molecular flexibility index (Phi) is 8.44. The van der Waals surface area contributed by atoms with Gasteiger partial charge in [-0.2, -0.15) is 0 Å². The Bertz CT molecular complexity index is 449. The first-order chi connectivity index (χ1) is 9.76. The number of hydrogen-bond acceptors (Lipinski definition) is 3. The van der Waals surface area contributed by atoms with Crippen molar-refractivity contribution in [3.63, 3.8) is 0 Å². The highest BCUT2D eigenvalue weighted by Gasteiger charge is 2.00. The van der Waals surface area contributed by atoms with E-state index in [4.69, 9.17) is 14.6 Å². The Morgan fingerprint density at radius 3 is 2.80 bits per heavy atom. The molecule has 0 fully saturated rings. The number of ether oxygens (including phenoxy) is 2. The topological polar surface area (TPSA) is 38.7 Å². The molecule has 0 bridgehead atoms. The number of aliphatic hydroxyl groups is 1. The average molecular weight is 280 g/mol. The maximum absolute atomic E-state index is 13.4. The van der Waals surface area contributed by atoms with Gasteiger partial charge < -0.3 is 14.6 Å². The summed E-state index contributed by atoms with van der Waals surface area (Å²) in [6.45, 7) is 3.70. The van der Waals surface area contributed by atoms with Crippen LogP contribution in [0.2, 0.25) is 0 Å². The van der Waals surface area contributed by atoms with Crippen LogP contribution in [0.3, 0.4) is 0 Å². The molecular formula is C16H21FO3. The summed E-state index contributed by atoms with van der Waals surface area (Å²) in [5.74, 6) is 5.59. The van der Waals surface area contributed by atoms with E-state index in [1.807, 2.05) is 0 Å². The van der Waals surface area contributed by atoms with Crippen molar-refractivity contribution in [3.8, 4) is 17.6 Å². The summed E-state index contributed by atoms with van der Waals surface area (Å²) in [7, 11) is 0. The molecule has 1 rings (SSSR count). The summed E-state index contributed by atoms with van der Waals surface area (Å²) in [5.41, 5.74) is 0.542. The maximum atomic E-state index is 13.4. The Hall–Kier alpha value is -1.57. The van der Waals surface area contributed by atoms with E-state index in [0.29, 0.717) is 30.9 Å². The fourth-order valence-corrected chi connectivity index (χ4v) is 1.51. The van der Waals surface area contributed by atoms with Gasteiger partial charge in [0.25, 0.3) is 0 Å². The molecule has 0 aromatic heterocycles. The molecule has 0 atom stereocenters. The van der Waals surface area contributed by atoms with Crippen LogP contribution in [-0.2, 0) is 4.74 Å². The van der Waals surface area contributed by atoms with Crippen molar-refractivity contribution in [2.75, 3.05) is 26.4 Å². The first-order valence-electron chi connectivity index (χ1n) is 6.87. The van der Waals surface area contributed by atoms with Gasteiger partial charge in [-0.25, -0.2) is 4.39 Å². The number of aliphatic hydroxyl groups excluding tert-OH is 1. The van der Waals surface area contributed by atoms with Crippen molar-refractivity contribution < 1.29 is 19.0 Å². The van der Waals surface area contributed by atoms with Crippen molar-refractivity contribution in [2.24, 2.45) is 0 Å². The third kappa shape index (κ3) is 7.13. The van der Waals surface area contributed by atoms with Gasteiger partial charge in [0.15, 0.2) is 0 Å². The first-order valence-corrected chi connectivity index (χ1v) is 6.87. The molecule has 0 spiro atoms. The van der Waals surface area contributed by atoms with Crippen molar-refractivity contribution in [2.45, 2.75) is 26.2 Å². The first kappa shape index (κ1) is 16.5. The SMILES string of the molecule is CCCCOCCOc1cc(F)cc(C#CCCO)c1. The van der Waals surface area contributed by atoms with Gasteiger partial charge in [-0.1, -0.05) is 25.2 Å². The third-order valence-corrected chi connectivity index (χ3v) is 2.48. The second kappa shape index (κ2) is 10.2. The molecular weight excluding hydrogens is 259 g/mol. The van der Waals surface area contributed by atoms with Crippen LogP contribution in [-0.4, -0.2) is 31.5 Å². The van der Waals surface area contributed by atoms with Crippen LogP contribution in [0.25, 0.3) is 0 Å². The highest BCUT2D eigenvalue weighted by molar-refractivity contribution is 5.40. The van der Waals surface area contributed by atoms with Crippen LogP contribution in [0.15, 0.2) is 18.2 Å². The molecule has 1 N–H and O–H groups in total. The number of rotatable bonds is 8. The van der Waals surface area contributed by atoms with Gasteiger partial charge in [0.05, 0.1) is 13.2 Å². The van der Waals surface area contributed by atoms with Crippen molar-refractivity contribution in [1.82, 2.24) is 0 Å². The number of unbranched alkanes of at least 4 members (excludes halogenated alkanes) is 1. The minimum atomic E-state index is -0.386. The van der Waals surface area contributed by atoms with Gasteiger partial charge in [0, 0.05) is 24.7 Å². The lowest BCUT2D eigenvalue weighted by Gasteiger charge is -2.07. The lowest BCUT2D eigenvalue weighted by atomic mass is 10.2. The van der Waals surface area contributed by atoms with Crippen LogP contribution >= 0.6 is 0 Å². The molecule has 0 saturated carbocycles. The van der Waals surface area contributed by atoms with Gasteiger partial charge in [-0.3, -0.25) is 0 Å². The van der Waals surface area contributed by atoms with Crippen LogP contribution in [0.5, 0.6) is 5.75 Å². The number of halogens is 1. The van der Waals surface area contributed by atoms with Gasteiger partial charge in [-0.15, -0.1) is 0 Å². The Morgan fingerprint density at radius 1 is 1.20 bits per heavy atom. The van der Waals surface area contributed by atoms with E-state index in [2.05, 4.69) is 18.8 Å². The van der Waals surface area contributed by atoms with Gasteiger partial charge in [0.2, 0.25) is 0 Å². The second-order valence-electron chi connectivity index (χ2n) is 4.27. The second-order valence-corrected chi connectivity index (χ2v) is 4.27. The molecule has 3 nitrogen and oxygen atoms in total. The van der Waals surface area contributed by atoms with Crippen LogP contribution < -0.4 is 4.74 Å². The molecule has 0 aliphatic carbocycles. The Balaban J connectivity index is 2.43. The Labute approximate surface area is 119 Å². The smallest absolute Gasteiger partial charge is 0.128 e. The summed E-state index contributed by atoms with van der Waals surface area (Å²) >= 11 is 0. The van der Waals surface area contributed by atoms with E-state index in [0.717, 1.165) is 19.4 Å². The van der Waals surface area contributed by atoms with Crippen molar-refractivity contribution in [1.29, 1.82) is 0 Å². The predicted octanol–water partition coefficient (Wildman–Crippen LogP) is 2.76. The van der Waals surface area contributed by atoms with E-state index in [-0.39, 0.29) is 12.4 Å². The fourth-order valence-electron chi connectivity index (χ4n) is 1.51. The van der Waals surface area contributed by atoms with E-state index in [1.165, 1.54) is 12.1 Å². The molecule has 1 aromatic carbocycles. The third-order valence-electron chi connectivity index (χ3n) is 2.48. The van der Waals surface area contributed by atoms with E-state index in [1.54, 1.807) is 6.07 Å². The lowest BCUT2D eigenvalue weighted by molar-refractivity contribution is 0.0979. The zero-order valence-corrected chi connectivity index (χ0v) is 11.8. The van der Waals surface area contributed by atoms with Crippen molar-refractivity contribution >= 4 is 0 Å². The zero-order valence-electron chi connectivity index (χ0n) is 11.8. The van der Waals surface area contributed by atoms with Gasteiger partial charge >= 0.3 is 0 Å². The molecule has 4 heteroatoms. The normalized spacial score (nSPS) is 9.95. The van der Waals surface area contributed by atoms with Crippen LogP contribution in [0, 0.1) is 17.7 Å². The summed E-state index contributed by atoms with van der Waals surface area (Å²) < 4.78 is 24.2. The highest BCUT2D eigenvalue weighted by atomic mass is 19.1. The highest BCUT2D eigenvalue weighted by Crippen LogP contribution is 2.15. The summed E-state index contributed by atoms with van der Waals surface area (Å²) in [5, 5.41) is 8.64. The summed E-state index contributed by atoms with van der Waals surface area (Å²) in [4.78, 5) is 0. The monoisotopic (exact) mass is 280 g/mol. The molecule has 0 aliphatic heterocycles. The minimum Gasteiger partial charge on any atom is -0.491 e. The number of hydrogen-bond donors (Lipinski definition) is 1. The number of benzene rings is 1. The molecule has 0 radical (unpaired) electrons. The molecule has 0 aliphatic rings. The Morgan fingerprint density at radius 2 is 2.05 bits per heavy atom. The summed E-state index contributed by atoms with van der Waals surface area (Å²) in [6.07, 6.45) is 2.50. The van der Waals surface area contributed by atoms with Crippen LogP contribution in [0.4, 0.5) is 4.39 Å². The van der Waals surface area contributed by atoms with Crippen LogP contribution in [0.1, 0.15) is 31.7 Å². The fraction of sp³-hybridized carbons (Fsp3) is 0.500. The molecule has 0 saturated heterocycles. The van der Waals surface area contributed by atoms with Crippen molar-refractivity contribution in [3.05, 3.63) is 29.6 Å². The maximum Gasteiger partial charge on any atom is 0.128 e. The molecule has 0 amide bonds. The van der Waals surface area contributed by atoms with Gasteiger partial charge in [0.1, 0.15) is 18.2 Å². The van der Waals surface area contributed by atoms with E-state index >= 15 is 0 Å². The van der Waals surface area contributed by atoms with Gasteiger partial charge in [-0.05, 0) is 18.6 Å². The lowest BCUT2D eigenvalue weighted by Crippen LogP contribution is -2.07. The molecule has 0 heterocycles. The standard InChI is InChI=1S/C16H21FO3/c1-2-3-8-19-9-10-20-16-12-14(6-4-5-7-18)11-15(17)13-16/h11-13,18H,2-3,5,7-10H2,1H3. The zero-order chi connectivity index (χ0) is 14.6. The largest absolute Gasteiger partial charge is 0.491 e. The summed E-state index contributed by atoms with van der Waals surface area (Å²) in [6, 6.07) is 4.34. The minimum absolute atomic E-state index is 0.000766.